The first kappa shape index (κ1) is 13.9. The molecule has 0 aliphatic heterocycles. The van der Waals surface area contributed by atoms with Crippen molar-refractivity contribution in [1.29, 1.82) is 0 Å². The molecule has 0 aliphatic carbocycles. The molecule has 1 N–H and O–H groups in total. The Hall–Kier alpha value is -2.06. The van der Waals surface area contributed by atoms with Crippen molar-refractivity contribution in [2.45, 2.75) is 13.8 Å². The lowest BCUT2D eigenvalue weighted by molar-refractivity contribution is -0.709. The average molecular weight is 235 g/mol. The zero-order valence-corrected chi connectivity index (χ0v) is 8.95. The number of hydrazine groups is 1. The van der Waals surface area contributed by atoms with Crippen molar-refractivity contribution in [2.75, 3.05) is 19.9 Å². The van der Waals surface area contributed by atoms with Crippen molar-refractivity contribution < 1.29 is 29.2 Å². The summed E-state index contributed by atoms with van der Waals surface area (Å²) in [6.45, 7) is 1.89. The van der Waals surface area contributed by atoms with Gasteiger partial charge in [-0.05, 0) is 6.92 Å². The summed E-state index contributed by atoms with van der Waals surface area (Å²) in [4.78, 5) is 24.9. The van der Waals surface area contributed by atoms with E-state index in [2.05, 4.69) is 14.9 Å². The maximum atomic E-state index is 11.1. The summed E-state index contributed by atoms with van der Waals surface area (Å²) in [6, 6.07) is 0. The molecule has 0 fully saturated rings. The predicted molar refractivity (Wildman–Crippen MR) is 48.7 cm³/mol. The Morgan fingerprint density at radius 2 is 2.19 bits per heavy atom. The summed E-state index contributed by atoms with van der Waals surface area (Å²) in [7, 11) is 0. The first-order chi connectivity index (χ1) is 7.47. The number of esters is 1. The highest BCUT2D eigenvalue weighted by molar-refractivity contribution is 5.68. The topological polar surface area (TPSA) is 114 Å². The highest BCUT2D eigenvalue weighted by Crippen LogP contribution is 1.91. The van der Waals surface area contributed by atoms with E-state index < -0.39 is 25.3 Å². The molecular formula is C7H13N3O6. The Balaban J connectivity index is 4.06. The van der Waals surface area contributed by atoms with Crippen molar-refractivity contribution in [3.63, 3.8) is 0 Å². The van der Waals surface area contributed by atoms with Gasteiger partial charge >= 0.3 is 11.9 Å². The van der Waals surface area contributed by atoms with Gasteiger partial charge in [0.05, 0.1) is 11.5 Å². The molecule has 0 unspecified atom stereocenters. The summed E-state index contributed by atoms with van der Waals surface area (Å²) in [5.74, 6) is -1.75. The van der Waals surface area contributed by atoms with Gasteiger partial charge in [0.1, 0.15) is 0 Å². The van der Waals surface area contributed by atoms with Crippen LogP contribution >= 0.6 is 0 Å². The second kappa shape index (κ2) is 7.26. The third kappa shape index (κ3) is 6.40. The van der Waals surface area contributed by atoms with Crippen LogP contribution in [0.25, 0.3) is 0 Å². The number of hydrogen-bond acceptors (Lipinski definition) is 6. The van der Waals surface area contributed by atoms with E-state index in [0.29, 0.717) is 0 Å². The van der Waals surface area contributed by atoms with Crippen LogP contribution in [0.2, 0.25) is 0 Å². The first-order valence-corrected chi connectivity index (χ1v) is 4.37. The van der Waals surface area contributed by atoms with Crippen molar-refractivity contribution in [2.24, 2.45) is 5.28 Å². The van der Waals surface area contributed by atoms with Gasteiger partial charge in [-0.25, -0.2) is 0 Å². The van der Waals surface area contributed by atoms with Crippen LogP contribution in [0.3, 0.4) is 0 Å². The molecule has 0 aromatic heterocycles. The maximum Gasteiger partial charge on any atom is 0.329 e. The fraction of sp³-hybridized carbons (Fsp3) is 0.714. The Kier molecular flexibility index (Phi) is 6.33. The van der Waals surface area contributed by atoms with Crippen LogP contribution in [0.4, 0.5) is 0 Å². The van der Waals surface area contributed by atoms with E-state index in [4.69, 9.17) is 5.11 Å². The lowest BCUT2D eigenvalue weighted by Gasteiger charge is -2.13. The lowest BCUT2D eigenvalue weighted by atomic mass is 10.6. The number of aliphatic carboxylic acids is 1. The number of carboxylic acids is 1. The van der Waals surface area contributed by atoms with Crippen LogP contribution in [-0.2, 0) is 19.2 Å². The van der Waals surface area contributed by atoms with Crippen LogP contribution < -0.4 is 0 Å². The van der Waals surface area contributed by atoms with E-state index in [1.54, 1.807) is 6.92 Å². The molecule has 9 nitrogen and oxygen atoms in total. The van der Waals surface area contributed by atoms with E-state index in [1.807, 2.05) is 0 Å². The monoisotopic (exact) mass is 235 g/mol. The van der Waals surface area contributed by atoms with Crippen molar-refractivity contribution in [3.8, 4) is 0 Å². The first-order valence-electron chi connectivity index (χ1n) is 4.37. The average Bonchev–Trinajstić information content (AvgIpc) is 2.20. The molecule has 0 rings (SSSR count). The zero-order valence-electron chi connectivity index (χ0n) is 8.95. The van der Waals surface area contributed by atoms with Gasteiger partial charge in [0, 0.05) is 6.92 Å². The number of hydrogen-bond donors (Lipinski definition) is 1. The zero-order chi connectivity index (χ0) is 12.6. The highest BCUT2D eigenvalue weighted by Gasteiger charge is 2.14. The SMILES string of the molecule is CCN(CC(=O)O)/[N+]([O-])=N/OCOC(C)=O. The minimum Gasteiger partial charge on any atom is -0.569 e. The molecule has 92 valence electrons. The maximum absolute atomic E-state index is 11.1. The second-order valence-electron chi connectivity index (χ2n) is 2.59. The Labute approximate surface area is 91.4 Å². The van der Waals surface area contributed by atoms with Crippen molar-refractivity contribution in [1.82, 2.24) is 5.01 Å². The normalized spacial score (nSPS) is 10.8. The molecular weight excluding hydrogens is 222 g/mol. The van der Waals surface area contributed by atoms with E-state index in [-0.39, 0.29) is 11.5 Å². The third-order valence-electron chi connectivity index (χ3n) is 1.37. The number of ether oxygens (including phenoxy) is 1. The molecule has 0 radical (unpaired) electrons. The minimum atomic E-state index is -1.17. The number of carbonyl (C=O) groups is 2. The molecule has 0 aromatic rings. The molecule has 0 saturated carbocycles. The van der Waals surface area contributed by atoms with Gasteiger partial charge in [-0.3, -0.25) is 9.59 Å². The molecule has 0 aromatic carbocycles. The molecule has 0 saturated heterocycles. The van der Waals surface area contributed by atoms with Gasteiger partial charge in [0.25, 0.3) is 6.79 Å². The lowest BCUT2D eigenvalue weighted by Crippen LogP contribution is -2.35. The third-order valence-corrected chi connectivity index (χ3v) is 1.37. The molecule has 0 bridgehead atoms. The van der Waals surface area contributed by atoms with E-state index >= 15 is 0 Å². The number of carboxylic acid groups (broad SMARTS) is 1. The summed E-state index contributed by atoms with van der Waals surface area (Å²) in [5.41, 5.74) is 0. The van der Waals surface area contributed by atoms with E-state index in [9.17, 15) is 14.8 Å². The smallest absolute Gasteiger partial charge is 0.329 e. The van der Waals surface area contributed by atoms with Gasteiger partial charge < -0.3 is 19.9 Å². The summed E-state index contributed by atoms with van der Waals surface area (Å²) < 4.78 is 4.33. The van der Waals surface area contributed by atoms with E-state index in [0.717, 1.165) is 5.01 Å². The fourth-order valence-corrected chi connectivity index (χ4v) is 0.683. The molecule has 0 amide bonds. The molecule has 0 spiro atoms. The largest absolute Gasteiger partial charge is 0.569 e. The number of rotatable bonds is 7. The van der Waals surface area contributed by atoms with Crippen LogP contribution in [0.1, 0.15) is 13.8 Å². The number of carbonyl (C=O) groups excluding carboxylic acids is 1. The summed E-state index contributed by atoms with van der Waals surface area (Å²) in [5, 5.41) is 23.4. The highest BCUT2D eigenvalue weighted by atomic mass is 16.8. The summed E-state index contributed by atoms with van der Waals surface area (Å²) in [6.07, 6.45) is 0. The molecule has 9 heteroatoms. The molecule has 16 heavy (non-hydrogen) atoms. The van der Waals surface area contributed by atoms with Crippen molar-refractivity contribution in [3.05, 3.63) is 5.21 Å². The number of likely N-dealkylation sites (N-methyl/N-ethyl adjacent to an activating group) is 1. The van der Waals surface area contributed by atoms with Gasteiger partial charge in [0.2, 0.25) is 5.28 Å². The Morgan fingerprint density at radius 1 is 1.56 bits per heavy atom. The van der Waals surface area contributed by atoms with Crippen LogP contribution in [0.5, 0.6) is 0 Å². The summed E-state index contributed by atoms with van der Waals surface area (Å²) >= 11 is 0. The fourth-order valence-electron chi connectivity index (χ4n) is 0.683. The molecule has 0 atom stereocenters. The quantitative estimate of drug-likeness (QED) is 0.161. The Bertz CT molecular complexity index is 279. The van der Waals surface area contributed by atoms with Gasteiger partial charge in [0.15, 0.2) is 6.54 Å². The van der Waals surface area contributed by atoms with Crippen LogP contribution in [0.15, 0.2) is 5.28 Å². The van der Waals surface area contributed by atoms with E-state index in [1.165, 1.54) is 6.92 Å². The van der Waals surface area contributed by atoms with Crippen LogP contribution in [-0.4, -0.2) is 46.9 Å². The van der Waals surface area contributed by atoms with Gasteiger partial charge in [-0.2, -0.15) is 0 Å². The van der Waals surface area contributed by atoms with Crippen LogP contribution in [0, 0.1) is 5.21 Å². The predicted octanol–water partition coefficient (Wildman–Crippen LogP) is -0.277. The molecule has 0 aliphatic rings. The Morgan fingerprint density at radius 3 is 2.62 bits per heavy atom. The number of nitrogens with zero attached hydrogens (tertiary/aromatic N) is 3. The minimum absolute atomic E-state index is 0.0163. The second-order valence-corrected chi connectivity index (χ2v) is 2.59. The molecule has 0 heterocycles. The van der Waals surface area contributed by atoms with Crippen molar-refractivity contribution >= 4 is 11.9 Å². The standard InChI is InChI=1S/C7H13N3O6/c1-3-9(4-7(12)13)10(14)8-16-5-15-6(2)11/h3-5H2,1-2H3,(H,12,13)/b10-8-. The van der Waals surface area contributed by atoms with Gasteiger partial charge in [-0.15, -0.1) is 5.01 Å². The van der Waals surface area contributed by atoms with Gasteiger partial charge in [-0.1, -0.05) is 0 Å².